The van der Waals surface area contributed by atoms with Crippen LogP contribution >= 0.6 is 0 Å². The fourth-order valence-electron chi connectivity index (χ4n) is 2.53. The molecule has 0 saturated heterocycles. The molecule has 2 N–H and O–H groups in total. The van der Waals surface area contributed by atoms with Crippen LogP contribution in [0.5, 0.6) is 0 Å². The maximum absolute atomic E-state index is 12.3. The molecule has 3 rings (SSSR count). The highest BCUT2D eigenvalue weighted by molar-refractivity contribution is 6.02. The van der Waals surface area contributed by atoms with Crippen molar-refractivity contribution in [3.05, 3.63) is 71.9 Å². The third-order valence-electron chi connectivity index (χ3n) is 4.17. The minimum atomic E-state index is -0.284. The van der Waals surface area contributed by atoms with Gasteiger partial charge >= 0.3 is 0 Å². The predicted octanol–water partition coefficient (Wildman–Crippen LogP) is 4.10. The number of aryl methyl sites for hydroxylation is 1. The number of carbonyl (C=O) groups excluding carboxylic acids is 1. The standard InChI is InChI=1S/C21H23N5O/c1-4-15-5-7-17(8-6-15)23-21(27)19-13-14-20(25-24-19)22-16-9-11-18(12-10-16)26(2)3/h5-14H,4H2,1-3H3,(H,22,25)(H,23,27). The molecule has 27 heavy (non-hydrogen) atoms. The van der Waals surface area contributed by atoms with Gasteiger partial charge in [-0.3, -0.25) is 4.79 Å². The molecule has 0 saturated carbocycles. The molecule has 0 fully saturated rings. The Morgan fingerprint density at radius 2 is 1.56 bits per heavy atom. The summed E-state index contributed by atoms with van der Waals surface area (Å²) in [6.07, 6.45) is 0.964. The highest BCUT2D eigenvalue weighted by atomic mass is 16.1. The first kappa shape index (κ1) is 18.4. The Kier molecular flexibility index (Phi) is 5.66. The molecule has 0 atom stereocenters. The number of carbonyl (C=O) groups is 1. The Morgan fingerprint density at radius 3 is 2.11 bits per heavy atom. The third-order valence-corrected chi connectivity index (χ3v) is 4.17. The van der Waals surface area contributed by atoms with Gasteiger partial charge in [0.1, 0.15) is 0 Å². The van der Waals surface area contributed by atoms with Crippen molar-refractivity contribution in [2.75, 3.05) is 29.6 Å². The van der Waals surface area contributed by atoms with Crippen molar-refractivity contribution in [2.24, 2.45) is 0 Å². The topological polar surface area (TPSA) is 70.2 Å². The number of hydrogen-bond acceptors (Lipinski definition) is 5. The zero-order valence-electron chi connectivity index (χ0n) is 15.7. The van der Waals surface area contributed by atoms with Crippen molar-refractivity contribution >= 4 is 28.8 Å². The van der Waals surface area contributed by atoms with Crippen LogP contribution in [-0.4, -0.2) is 30.2 Å². The number of nitrogens with zero attached hydrogens (tertiary/aromatic N) is 3. The molecule has 3 aromatic rings. The Hall–Kier alpha value is -3.41. The lowest BCUT2D eigenvalue weighted by Crippen LogP contribution is -2.14. The van der Waals surface area contributed by atoms with Crippen molar-refractivity contribution in [1.29, 1.82) is 0 Å². The fraction of sp³-hybridized carbons (Fsp3) is 0.190. The first-order chi connectivity index (χ1) is 13.0. The molecular weight excluding hydrogens is 338 g/mol. The van der Waals surface area contributed by atoms with E-state index in [9.17, 15) is 4.79 Å². The van der Waals surface area contributed by atoms with Crippen LogP contribution in [0, 0.1) is 0 Å². The first-order valence-corrected chi connectivity index (χ1v) is 8.83. The SMILES string of the molecule is CCc1ccc(NC(=O)c2ccc(Nc3ccc(N(C)C)cc3)nn2)cc1. The summed E-state index contributed by atoms with van der Waals surface area (Å²) in [5.41, 5.74) is 4.25. The largest absolute Gasteiger partial charge is 0.378 e. The lowest BCUT2D eigenvalue weighted by molar-refractivity contribution is 0.102. The van der Waals surface area contributed by atoms with Gasteiger partial charge in [-0.15, -0.1) is 10.2 Å². The van der Waals surface area contributed by atoms with Gasteiger partial charge in [0, 0.05) is 31.2 Å². The summed E-state index contributed by atoms with van der Waals surface area (Å²) in [6.45, 7) is 2.09. The van der Waals surface area contributed by atoms with Gasteiger partial charge in [-0.1, -0.05) is 19.1 Å². The first-order valence-electron chi connectivity index (χ1n) is 8.83. The average molecular weight is 361 g/mol. The minimum Gasteiger partial charge on any atom is -0.378 e. The van der Waals surface area contributed by atoms with Crippen LogP contribution in [0.3, 0.4) is 0 Å². The molecule has 0 radical (unpaired) electrons. The summed E-state index contributed by atoms with van der Waals surface area (Å²) < 4.78 is 0. The highest BCUT2D eigenvalue weighted by Crippen LogP contribution is 2.19. The normalized spacial score (nSPS) is 10.3. The van der Waals surface area contributed by atoms with Crippen LogP contribution in [0.15, 0.2) is 60.7 Å². The van der Waals surface area contributed by atoms with Crippen molar-refractivity contribution in [3.8, 4) is 0 Å². The second kappa shape index (κ2) is 8.31. The fourth-order valence-corrected chi connectivity index (χ4v) is 2.53. The summed E-state index contributed by atoms with van der Waals surface area (Å²) in [4.78, 5) is 14.3. The van der Waals surface area contributed by atoms with Crippen LogP contribution in [0.1, 0.15) is 23.0 Å². The van der Waals surface area contributed by atoms with E-state index in [-0.39, 0.29) is 11.6 Å². The second-order valence-corrected chi connectivity index (χ2v) is 6.37. The molecule has 1 heterocycles. The van der Waals surface area contributed by atoms with E-state index in [1.165, 1.54) is 5.56 Å². The Labute approximate surface area is 159 Å². The van der Waals surface area contributed by atoms with Crippen LogP contribution in [0.25, 0.3) is 0 Å². The van der Waals surface area contributed by atoms with Crippen molar-refractivity contribution in [2.45, 2.75) is 13.3 Å². The van der Waals surface area contributed by atoms with Crippen LogP contribution < -0.4 is 15.5 Å². The number of benzene rings is 2. The van der Waals surface area contributed by atoms with Crippen LogP contribution in [-0.2, 0) is 6.42 Å². The van der Waals surface area contributed by atoms with Crippen LogP contribution in [0.4, 0.5) is 22.9 Å². The Morgan fingerprint density at radius 1 is 0.889 bits per heavy atom. The summed E-state index contributed by atoms with van der Waals surface area (Å²) >= 11 is 0. The number of nitrogens with one attached hydrogen (secondary N) is 2. The summed E-state index contributed by atoms with van der Waals surface area (Å²) in [6, 6.07) is 19.1. The minimum absolute atomic E-state index is 0.267. The molecule has 0 unspecified atom stereocenters. The second-order valence-electron chi connectivity index (χ2n) is 6.37. The zero-order valence-corrected chi connectivity index (χ0v) is 15.7. The number of rotatable bonds is 6. The van der Waals surface area contributed by atoms with E-state index in [1.807, 2.05) is 67.5 Å². The summed E-state index contributed by atoms with van der Waals surface area (Å²) in [5.74, 6) is 0.296. The number of anilines is 4. The lowest BCUT2D eigenvalue weighted by atomic mass is 10.1. The van der Waals surface area contributed by atoms with E-state index in [4.69, 9.17) is 0 Å². The quantitative estimate of drug-likeness (QED) is 0.692. The Balaban J connectivity index is 1.62. The van der Waals surface area contributed by atoms with Gasteiger partial charge in [0.15, 0.2) is 11.5 Å². The maximum Gasteiger partial charge on any atom is 0.276 e. The average Bonchev–Trinajstić information content (AvgIpc) is 2.69. The highest BCUT2D eigenvalue weighted by Gasteiger charge is 2.09. The number of amides is 1. The molecule has 1 aromatic heterocycles. The van der Waals surface area contributed by atoms with Gasteiger partial charge in [0.2, 0.25) is 0 Å². The molecular formula is C21H23N5O. The van der Waals surface area contributed by atoms with E-state index in [0.29, 0.717) is 5.82 Å². The van der Waals surface area contributed by atoms with Gasteiger partial charge in [-0.25, -0.2) is 0 Å². The summed E-state index contributed by atoms with van der Waals surface area (Å²) in [5, 5.41) is 14.1. The molecule has 2 aromatic carbocycles. The van der Waals surface area contributed by atoms with Gasteiger partial charge in [-0.2, -0.15) is 0 Å². The molecule has 6 heteroatoms. The lowest BCUT2D eigenvalue weighted by Gasteiger charge is -2.13. The van der Waals surface area contributed by atoms with Gasteiger partial charge in [0.25, 0.3) is 5.91 Å². The third kappa shape index (κ3) is 4.82. The van der Waals surface area contributed by atoms with E-state index < -0.39 is 0 Å². The number of aromatic nitrogens is 2. The van der Waals surface area contributed by atoms with E-state index in [0.717, 1.165) is 23.5 Å². The van der Waals surface area contributed by atoms with Gasteiger partial charge < -0.3 is 15.5 Å². The molecule has 0 aliphatic rings. The van der Waals surface area contributed by atoms with Crippen LogP contribution in [0.2, 0.25) is 0 Å². The van der Waals surface area contributed by atoms with Crippen molar-refractivity contribution in [3.63, 3.8) is 0 Å². The van der Waals surface area contributed by atoms with E-state index in [1.54, 1.807) is 12.1 Å². The molecule has 138 valence electrons. The summed E-state index contributed by atoms with van der Waals surface area (Å²) in [7, 11) is 3.99. The molecule has 6 nitrogen and oxygen atoms in total. The maximum atomic E-state index is 12.3. The van der Waals surface area contributed by atoms with E-state index in [2.05, 4.69) is 27.8 Å². The van der Waals surface area contributed by atoms with Gasteiger partial charge in [-0.05, 0) is 60.5 Å². The van der Waals surface area contributed by atoms with Gasteiger partial charge in [0.05, 0.1) is 0 Å². The molecule has 0 spiro atoms. The number of hydrogen-bond donors (Lipinski definition) is 2. The monoisotopic (exact) mass is 361 g/mol. The molecule has 0 aliphatic carbocycles. The molecule has 1 amide bonds. The molecule has 0 aliphatic heterocycles. The van der Waals surface area contributed by atoms with E-state index >= 15 is 0 Å². The zero-order chi connectivity index (χ0) is 19.2. The van der Waals surface area contributed by atoms with Crippen molar-refractivity contribution < 1.29 is 4.79 Å². The predicted molar refractivity (Wildman–Crippen MR) is 110 cm³/mol. The Bertz CT molecular complexity index is 887. The molecule has 0 bridgehead atoms. The van der Waals surface area contributed by atoms with Crippen molar-refractivity contribution in [1.82, 2.24) is 10.2 Å². The smallest absolute Gasteiger partial charge is 0.276 e.